The van der Waals surface area contributed by atoms with E-state index in [0.29, 0.717) is 14.8 Å². The fourth-order valence-corrected chi connectivity index (χ4v) is 3.31. The average molecular weight is 410 g/mol. The molecule has 0 bridgehead atoms. The lowest BCUT2D eigenvalue weighted by Gasteiger charge is -2.16. The number of thiophene rings is 1. The number of ether oxygens (including phenoxy) is 1. The molecule has 2 aromatic rings. The topological polar surface area (TPSA) is 72.5 Å². The van der Waals surface area contributed by atoms with Crippen LogP contribution >= 0.6 is 22.9 Å². The number of ketones is 1. The standard InChI is InChI=1S/C18H18ClNO4S.C2H6/c1-3-24-16(22)10-13(21)17(14-8-9-15(19)25-14)20-18(23)12-6-4-11(2)5-7-12;1-2/h4-9,17H,3,10H2,1-2H3,(H,20,23);1-2H3. The van der Waals surface area contributed by atoms with E-state index in [0.717, 1.165) is 5.56 Å². The normalized spacial score (nSPS) is 11.0. The number of carbonyl (C=O) groups excluding carboxylic acids is 3. The number of halogens is 1. The van der Waals surface area contributed by atoms with Crippen LogP contribution in [0.2, 0.25) is 4.34 Å². The summed E-state index contributed by atoms with van der Waals surface area (Å²) in [5.41, 5.74) is 1.46. The molecule has 0 aliphatic heterocycles. The minimum Gasteiger partial charge on any atom is -0.466 e. The Morgan fingerprint density at radius 1 is 1.11 bits per heavy atom. The lowest BCUT2D eigenvalue weighted by atomic mass is 10.1. The maximum atomic E-state index is 12.5. The third-order valence-electron chi connectivity index (χ3n) is 3.41. The van der Waals surface area contributed by atoms with Crippen molar-refractivity contribution in [2.75, 3.05) is 6.61 Å². The van der Waals surface area contributed by atoms with Gasteiger partial charge in [-0.2, -0.15) is 0 Å². The molecule has 1 aromatic heterocycles. The first-order chi connectivity index (χ1) is 12.9. The Balaban J connectivity index is 0.00000176. The smallest absolute Gasteiger partial charge is 0.313 e. The second-order valence-electron chi connectivity index (χ2n) is 5.36. The molecule has 0 radical (unpaired) electrons. The van der Waals surface area contributed by atoms with Crippen molar-refractivity contribution in [2.45, 2.75) is 40.2 Å². The highest BCUT2D eigenvalue weighted by atomic mass is 35.5. The van der Waals surface area contributed by atoms with Gasteiger partial charge in [-0.15, -0.1) is 11.3 Å². The Labute approximate surface area is 168 Å². The molecule has 1 heterocycles. The molecule has 27 heavy (non-hydrogen) atoms. The summed E-state index contributed by atoms with van der Waals surface area (Å²) < 4.78 is 5.31. The van der Waals surface area contributed by atoms with Gasteiger partial charge in [0.05, 0.1) is 10.9 Å². The van der Waals surface area contributed by atoms with Crippen LogP contribution in [-0.4, -0.2) is 24.3 Å². The summed E-state index contributed by atoms with van der Waals surface area (Å²) >= 11 is 7.12. The van der Waals surface area contributed by atoms with Gasteiger partial charge in [-0.3, -0.25) is 14.4 Å². The zero-order valence-corrected chi connectivity index (χ0v) is 17.4. The molecule has 0 fully saturated rings. The fourth-order valence-electron chi connectivity index (χ4n) is 2.17. The number of hydrogen-bond donors (Lipinski definition) is 1. The number of Topliss-reactive ketones (excluding diaryl/α,β-unsaturated/α-hetero) is 1. The molecule has 1 unspecified atom stereocenters. The second kappa shape index (κ2) is 11.5. The Morgan fingerprint density at radius 3 is 2.26 bits per heavy atom. The number of amides is 1. The minimum absolute atomic E-state index is 0.192. The van der Waals surface area contributed by atoms with Crippen LogP contribution in [0.15, 0.2) is 36.4 Å². The lowest BCUT2D eigenvalue weighted by Crippen LogP contribution is -2.34. The SMILES string of the molecule is CC.CCOC(=O)CC(=O)C(NC(=O)c1ccc(C)cc1)c1ccc(Cl)s1. The van der Waals surface area contributed by atoms with E-state index in [9.17, 15) is 14.4 Å². The lowest BCUT2D eigenvalue weighted by molar-refractivity contribution is -0.145. The molecule has 0 saturated carbocycles. The van der Waals surface area contributed by atoms with Gasteiger partial charge in [0.1, 0.15) is 12.5 Å². The molecule has 0 aliphatic carbocycles. The van der Waals surface area contributed by atoms with Crippen molar-refractivity contribution in [3.8, 4) is 0 Å². The summed E-state index contributed by atoms with van der Waals surface area (Å²) in [5, 5.41) is 2.69. The molecule has 0 spiro atoms. The van der Waals surface area contributed by atoms with Crippen LogP contribution in [0.3, 0.4) is 0 Å². The highest BCUT2D eigenvalue weighted by Gasteiger charge is 2.27. The van der Waals surface area contributed by atoms with Gasteiger partial charge in [0.15, 0.2) is 5.78 Å². The van der Waals surface area contributed by atoms with Gasteiger partial charge < -0.3 is 10.1 Å². The number of benzene rings is 1. The van der Waals surface area contributed by atoms with E-state index in [1.54, 1.807) is 31.2 Å². The number of carbonyl (C=O) groups is 3. The van der Waals surface area contributed by atoms with Crippen molar-refractivity contribution in [1.82, 2.24) is 5.32 Å². The third kappa shape index (κ3) is 7.15. The third-order valence-corrected chi connectivity index (χ3v) is 4.71. The summed E-state index contributed by atoms with van der Waals surface area (Å²) in [7, 11) is 0. The highest BCUT2D eigenvalue weighted by molar-refractivity contribution is 7.16. The van der Waals surface area contributed by atoms with E-state index in [4.69, 9.17) is 16.3 Å². The number of nitrogens with one attached hydrogen (secondary N) is 1. The van der Waals surface area contributed by atoms with Gasteiger partial charge in [0, 0.05) is 10.4 Å². The largest absolute Gasteiger partial charge is 0.466 e. The van der Waals surface area contributed by atoms with Crippen molar-refractivity contribution >= 4 is 40.6 Å². The Morgan fingerprint density at radius 2 is 1.74 bits per heavy atom. The van der Waals surface area contributed by atoms with Crippen molar-refractivity contribution < 1.29 is 19.1 Å². The van der Waals surface area contributed by atoms with Gasteiger partial charge >= 0.3 is 5.97 Å². The molecule has 2 rings (SSSR count). The van der Waals surface area contributed by atoms with E-state index < -0.39 is 30.1 Å². The van der Waals surface area contributed by atoms with E-state index in [2.05, 4.69) is 5.32 Å². The van der Waals surface area contributed by atoms with Crippen LogP contribution in [0.4, 0.5) is 0 Å². The predicted molar refractivity (Wildman–Crippen MR) is 108 cm³/mol. The number of rotatable bonds is 7. The Hall–Kier alpha value is -2.18. The van der Waals surface area contributed by atoms with E-state index in [-0.39, 0.29) is 6.61 Å². The molecule has 7 heteroatoms. The average Bonchev–Trinajstić information content (AvgIpc) is 3.07. The maximum Gasteiger partial charge on any atom is 0.313 e. The first-order valence-electron chi connectivity index (χ1n) is 8.71. The summed E-state index contributed by atoms with van der Waals surface area (Å²) in [5.74, 6) is -1.46. The molecule has 1 atom stereocenters. The summed E-state index contributed by atoms with van der Waals surface area (Å²) in [6.45, 7) is 7.77. The molecule has 146 valence electrons. The van der Waals surface area contributed by atoms with Gasteiger partial charge in [0.2, 0.25) is 0 Å². The Bertz CT molecular complexity index is 771. The molecular formula is C20H24ClNO4S. The second-order valence-corrected chi connectivity index (χ2v) is 7.11. The first-order valence-corrected chi connectivity index (χ1v) is 9.91. The molecule has 0 saturated heterocycles. The summed E-state index contributed by atoms with van der Waals surface area (Å²) in [6.07, 6.45) is -0.414. The van der Waals surface area contributed by atoms with Crippen LogP contribution in [0.1, 0.15) is 54.0 Å². The Kier molecular flexibility index (Phi) is 9.75. The molecule has 1 aromatic carbocycles. The van der Waals surface area contributed by atoms with Crippen molar-refractivity contribution in [1.29, 1.82) is 0 Å². The molecule has 0 aliphatic rings. The van der Waals surface area contributed by atoms with Crippen molar-refractivity contribution in [3.63, 3.8) is 0 Å². The minimum atomic E-state index is -0.948. The van der Waals surface area contributed by atoms with Crippen LogP contribution in [-0.2, 0) is 14.3 Å². The monoisotopic (exact) mass is 409 g/mol. The molecule has 1 N–H and O–H groups in total. The van der Waals surface area contributed by atoms with Crippen LogP contribution in [0, 0.1) is 6.92 Å². The predicted octanol–water partition coefficient (Wildman–Crippen LogP) is 4.73. The van der Waals surface area contributed by atoms with Gasteiger partial charge in [-0.1, -0.05) is 43.1 Å². The highest BCUT2D eigenvalue weighted by Crippen LogP contribution is 2.28. The van der Waals surface area contributed by atoms with Crippen molar-refractivity contribution in [2.24, 2.45) is 0 Å². The fraction of sp³-hybridized carbons (Fsp3) is 0.350. The van der Waals surface area contributed by atoms with Crippen LogP contribution in [0.5, 0.6) is 0 Å². The molecule has 1 amide bonds. The van der Waals surface area contributed by atoms with Crippen molar-refractivity contribution in [3.05, 3.63) is 56.7 Å². The molecule has 5 nitrogen and oxygen atoms in total. The van der Waals surface area contributed by atoms with E-state index in [1.165, 1.54) is 11.3 Å². The maximum absolute atomic E-state index is 12.5. The zero-order valence-electron chi connectivity index (χ0n) is 15.9. The number of hydrogen-bond acceptors (Lipinski definition) is 5. The molecular weight excluding hydrogens is 386 g/mol. The number of aryl methyl sites for hydroxylation is 1. The van der Waals surface area contributed by atoms with E-state index >= 15 is 0 Å². The van der Waals surface area contributed by atoms with Gasteiger partial charge in [-0.05, 0) is 38.1 Å². The number of esters is 1. The quantitative estimate of drug-likeness (QED) is 0.530. The van der Waals surface area contributed by atoms with Gasteiger partial charge in [0.25, 0.3) is 5.91 Å². The summed E-state index contributed by atoms with van der Waals surface area (Å²) in [4.78, 5) is 37.1. The van der Waals surface area contributed by atoms with Crippen LogP contribution in [0.25, 0.3) is 0 Å². The summed E-state index contributed by atoms with van der Waals surface area (Å²) in [6, 6.07) is 9.34. The van der Waals surface area contributed by atoms with Crippen LogP contribution < -0.4 is 5.32 Å². The van der Waals surface area contributed by atoms with E-state index in [1.807, 2.05) is 32.9 Å². The zero-order chi connectivity index (χ0) is 20.4. The first kappa shape index (κ1) is 22.9. The van der Waals surface area contributed by atoms with Gasteiger partial charge in [-0.25, -0.2) is 0 Å².